The molecule has 2 aromatic heterocycles. The van der Waals surface area contributed by atoms with Gasteiger partial charge < -0.3 is 8.83 Å². The molecular formula is C26H24O4. The molecule has 0 aliphatic carbocycles. The highest BCUT2D eigenvalue weighted by Gasteiger charge is 2.17. The average molecular weight is 400 g/mol. The van der Waals surface area contributed by atoms with Gasteiger partial charge in [0.05, 0.1) is 10.8 Å². The van der Waals surface area contributed by atoms with Crippen LogP contribution in [0, 0.1) is 41.5 Å². The van der Waals surface area contributed by atoms with Crippen LogP contribution in [0.5, 0.6) is 0 Å². The normalized spacial score (nSPS) is 11.3. The van der Waals surface area contributed by atoms with Gasteiger partial charge in [-0.2, -0.15) is 0 Å². The molecule has 0 N–H and O–H groups in total. The van der Waals surface area contributed by atoms with Crippen molar-refractivity contribution in [2.45, 2.75) is 41.5 Å². The second-order valence-corrected chi connectivity index (χ2v) is 8.17. The van der Waals surface area contributed by atoms with Crippen LogP contribution in [-0.4, -0.2) is 0 Å². The summed E-state index contributed by atoms with van der Waals surface area (Å²) in [5, 5.41) is 0.457. The van der Waals surface area contributed by atoms with Crippen molar-refractivity contribution >= 4 is 10.8 Å². The van der Waals surface area contributed by atoms with Gasteiger partial charge in [0.25, 0.3) is 0 Å². The first-order valence-electron chi connectivity index (χ1n) is 9.94. The van der Waals surface area contributed by atoms with E-state index in [0.717, 1.165) is 44.5 Å². The molecule has 0 saturated heterocycles. The van der Waals surface area contributed by atoms with Crippen LogP contribution in [0.2, 0.25) is 0 Å². The predicted octanol–water partition coefficient (Wildman–Crippen LogP) is 5.93. The van der Waals surface area contributed by atoms with Crippen LogP contribution in [0.25, 0.3) is 33.4 Å². The third-order valence-corrected chi connectivity index (χ3v) is 5.53. The molecular weight excluding hydrogens is 376 g/mol. The van der Waals surface area contributed by atoms with Crippen LogP contribution < -0.4 is 11.3 Å². The van der Waals surface area contributed by atoms with Gasteiger partial charge >= 0.3 is 11.3 Å². The molecule has 2 heterocycles. The highest BCUT2D eigenvalue weighted by atomic mass is 16.4. The Labute approximate surface area is 174 Å². The first-order chi connectivity index (χ1) is 14.2. The third-order valence-electron chi connectivity index (χ3n) is 5.53. The van der Waals surface area contributed by atoms with E-state index in [1.165, 1.54) is 0 Å². The van der Waals surface area contributed by atoms with Crippen molar-refractivity contribution in [2.75, 3.05) is 0 Å². The molecule has 30 heavy (non-hydrogen) atoms. The fraction of sp³-hybridized carbons (Fsp3) is 0.231. The van der Waals surface area contributed by atoms with E-state index in [0.29, 0.717) is 11.5 Å². The van der Waals surface area contributed by atoms with Gasteiger partial charge in [-0.15, -0.1) is 0 Å². The lowest BCUT2D eigenvalue weighted by Gasteiger charge is -2.12. The molecule has 0 fully saturated rings. The molecule has 0 aliphatic rings. The molecule has 4 aromatic rings. The van der Waals surface area contributed by atoms with Gasteiger partial charge in [0.1, 0.15) is 11.5 Å². The fourth-order valence-corrected chi connectivity index (χ4v) is 4.51. The van der Waals surface area contributed by atoms with Crippen LogP contribution in [-0.2, 0) is 0 Å². The van der Waals surface area contributed by atoms with Crippen LogP contribution >= 0.6 is 0 Å². The summed E-state index contributed by atoms with van der Waals surface area (Å²) in [4.78, 5) is 25.7. The number of hydrogen-bond acceptors (Lipinski definition) is 4. The molecule has 0 radical (unpaired) electrons. The topological polar surface area (TPSA) is 60.4 Å². The lowest BCUT2D eigenvalue weighted by Crippen LogP contribution is -2.10. The number of aryl methyl sites for hydroxylation is 6. The zero-order valence-electron chi connectivity index (χ0n) is 18.1. The molecule has 2 aromatic carbocycles. The van der Waals surface area contributed by atoms with Gasteiger partial charge in [-0.3, -0.25) is 0 Å². The van der Waals surface area contributed by atoms with Crippen molar-refractivity contribution in [3.05, 3.63) is 90.6 Å². The minimum Gasteiger partial charge on any atom is -0.422 e. The lowest BCUT2D eigenvalue weighted by molar-refractivity contribution is 0.519. The van der Waals surface area contributed by atoms with E-state index in [9.17, 15) is 9.59 Å². The predicted molar refractivity (Wildman–Crippen MR) is 120 cm³/mol. The second kappa shape index (κ2) is 7.13. The zero-order chi connectivity index (χ0) is 21.7. The van der Waals surface area contributed by atoms with Crippen LogP contribution in [0.4, 0.5) is 0 Å². The number of rotatable bonds is 2. The summed E-state index contributed by atoms with van der Waals surface area (Å²) in [6.07, 6.45) is 0. The van der Waals surface area contributed by atoms with E-state index in [4.69, 9.17) is 8.83 Å². The second-order valence-electron chi connectivity index (χ2n) is 8.17. The first kappa shape index (κ1) is 19.9. The van der Waals surface area contributed by atoms with Crippen molar-refractivity contribution in [3.63, 3.8) is 0 Å². The number of hydrogen-bond donors (Lipinski definition) is 0. The van der Waals surface area contributed by atoms with E-state index in [1.807, 2.05) is 65.8 Å². The Balaban J connectivity index is 1.99. The minimum absolute atomic E-state index is 0.229. The maximum Gasteiger partial charge on any atom is 0.344 e. The third kappa shape index (κ3) is 3.28. The van der Waals surface area contributed by atoms with Crippen LogP contribution in [0.15, 0.2) is 54.8 Å². The van der Waals surface area contributed by atoms with Gasteiger partial charge in [-0.1, -0.05) is 35.4 Å². The summed E-state index contributed by atoms with van der Waals surface area (Å²) in [6.45, 7) is 11.9. The van der Waals surface area contributed by atoms with Crippen molar-refractivity contribution in [1.82, 2.24) is 0 Å². The van der Waals surface area contributed by atoms with E-state index in [-0.39, 0.29) is 10.8 Å². The molecule has 0 bridgehead atoms. The van der Waals surface area contributed by atoms with Crippen molar-refractivity contribution in [2.24, 2.45) is 0 Å². The van der Waals surface area contributed by atoms with E-state index < -0.39 is 11.3 Å². The molecule has 0 spiro atoms. The minimum atomic E-state index is -0.543. The molecule has 4 heteroatoms. The van der Waals surface area contributed by atoms with E-state index in [1.54, 1.807) is 12.1 Å². The average Bonchev–Trinajstić information content (AvgIpc) is 2.61. The lowest BCUT2D eigenvalue weighted by atomic mass is 9.96. The largest absolute Gasteiger partial charge is 0.422 e. The Hall–Kier alpha value is -3.40. The summed E-state index contributed by atoms with van der Waals surface area (Å²) < 4.78 is 11.3. The van der Waals surface area contributed by atoms with Gasteiger partial charge in [0, 0.05) is 11.1 Å². The monoisotopic (exact) mass is 400 g/mol. The molecule has 0 unspecified atom stereocenters. The van der Waals surface area contributed by atoms with Crippen molar-refractivity contribution in [3.8, 4) is 22.6 Å². The maximum atomic E-state index is 12.9. The summed E-state index contributed by atoms with van der Waals surface area (Å²) in [5.41, 5.74) is 6.78. The highest BCUT2D eigenvalue weighted by molar-refractivity contribution is 5.87. The molecule has 0 amide bonds. The first-order valence-corrected chi connectivity index (χ1v) is 9.94. The molecule has 4 nitrogen and oxygen atoms in total. The summed E-state index contributed by atoms with van der Waals surface area (Å²) in [5.74, 6) is 0.760. The van der Waals surface area contributed by atoms with Gasteiger partial charge in [-0.25, -0.2) is 9.59 Å². The maximum absolute atomic E-state index is 12.9. The van der Waals surface area contributed by atoms with Gasteiger partial charge in [-0.05, 0) is 75.9 Å². The molecule has 4 rings (SSSR count). The van der Waals surface area contributed by atoms with Crippen LogP contribution in [0.1, 0.15) is 33.4 Å². The van der Waals surface area contributed by atoms with Crippen LogP contribution in [0.3, 0.4) is 0 Å². The van der Waals surface area contributed by atoms with Crippen molar-refractivity contribution in [1.29, 1.82) is 0 Å². The summed E-state index contributed by atoms with van der Waals surface area (Å²) >= 11 is 0. The smallest absolute Gasteiger partial charge is 0.344 e. The highest BCUT2D eigenvalue weighted by Crippen LogP contribution is 2.31. The number of fused-ring (bicyclic) bond motifs is 1. The molecule has 0 saturated carbocycles. The van der Waals surface area contributed by atoms with Crippen molar-refractivity contribution < 1.29 is 8.83 Å². The quantitative estimate of drug-likeness (QED) is 0.418. The Morgan fingerprint density at radius 2 is 0.800 bits per heavy atom. The molecule has 0 aliphatic heterocycles. The summed E-state index contributed by atoms with van der Waals surface area (Å²) in [6, 6.07) is 11.3. The molecule has 152 valence electrons. The van der Waals surface area contributed by atoms with E-state index in [2.05, 4.69) is 0 Å². The zero-order valence-corrected chi connectivity index (χ0v) is 18.1. The van der Waals surface area contributed by atoms with E-state index >= 15 is 0 Å². The van der Waals surface area contributed by atoms with Gasteiger partial charge in [0.15, 0.2) is 0 Å². The Morgan fingerprint density at radius 3 is 1.10 bits per heavy atom. The Kier molecular flexibility index (Phi) is 4.73. The number of benzene rings is 2. The SMILES string of the molecule is Cc1cc(C)c(-c2cc3c(=O)oc(-c4c(C)cc(C)cc4C)cc3c(=O)o2)c(C)c1. The summed E-state index contributed by atoms with van der Waals surface area (Å²) in [7, 11) is 0. The fourth-order valence-electron chi connectivity index (χ4n) is 4.51. The Morgan fingerprint density at radius 1 is 0.500 bits per heavy atom. The molecule has 0 atom stereocenters. The standard InChI is InChI=1S/C26H24O4/c1-13-7-15(3)23(16(4)8-13)21-11-19-20(25(27)29-21)12-22(30-26(19)28)24-17(5)9-14(2)10-18(24)6/h7-12H,1-6H3. The Bertz CT molecular complexity index is 1280. The van der Waals surface area contributed by atoms with Gasteiger partial charge in [0.2, 0.25) is 0 Å².